The summed E-state index contributed by atoms with van der Waals surface area (Å²) >= 11 is 1.57. The van der Waals surface area contributed by atoms with E-state index < -0.39 is 12.1 Å². The zero-order valence-electron chi connectivity index (χ0n) is 13.1. The lowest BCUT2D eigenvalue weighted by Crippen LogP contribution is -2.32. The molecule has 0 saturated carbocycles. The van der Waals surface area contributed by atoms with Crippen LogP contribution in [0.4, 0.5) is 0 Å². The van der Waals surface area contributed by atoms with Crippen molar-refractivity contribution in [3.8, 4) is 0 Å². The van der Waals surface area contributed by atoms with Gasteiger partial charge in [0.2, 0.25) is 0 Å². The first-order valence-electron chi connectivity index (χ1n) is 8.17. The number of hydrogen-bond donors (Lipinski definition) is 3. The van der Waals surface area contributed by atoms with Crippen LogP contribution in [0.25, 0.3) is 0 Å². The van der Waals surface area contributed by atoms with E-state index in [0.29, 0.717) is 5.69 Å². The fraction of sp³-hybridized carbons (Fsp3) is 0.812. The zero-order chi connectivity index (χ0) is 15.5. The summed E-state index contributed by atoms with van der Waals surface area (Å²) in [4.78, 5) is 4.41. The highest BCUT2D eigenvalue weighted by atomic mass is 32.1. The molecule has 4 N–H and O–H groups in total. The molecule has 2 unspecified atom stereocenters. The van der Waals surface area contributed by atoms with Gasteiger partial charge in [-0.25, -0.2) is 4.98 Å². The number of rotatable bonds is 12. The molecule has 5 heteroatoms. The van der Waals surface area contributed by atoms with Crippen molar-refractivity contribution < 1.29 is 10.2 Å². The molecule has 21 heavy (non-hydrogen) atoms. The Balaban J connectivity index is 2.14. The Bertz CT molecular complexity index is 371. The van der Waals surface area contributed by atoms with Crippen LogP contribution >= 0.6 is 11.3 Å². The van der Waals surface area contributed by atoms with Crippen molar-refractivity contribution in [3.05, 3.63) is 16.1 Å². The van der Waals surface area contributed by atoms with Gasteiger partial charge in [0.15, 0.2) is 0 Å². The van der Waals surface area contributed by atoms with Crippen molar-refractivity contribution in [1.29, 1.82) is 0 Å². The highest BCUT2D eigenvalue weighted by molar-refractivity contribution is 7.09. The third-order valence-corrected chi connectivity index (χ3v) is 4.66. The van der Waals surface area contributed by atoms with E-state index in [9.17, 15) is 5.11 Å². The third-order valence-electron chi connectivity index (χ3n) is 3.73. The summed E-state index contributed by atoms with van der Waals surface area (Å²) in [6.07, 6.45) is 10.6. The van der Waals surface area contributed by atoms with Crippen molar-refractivity contribution >= 4 is 11.3 Å². The average Bonchev–Trinajstić information content (AvgIpc) is 2.97. The van der Waals surface area contributed by atoms with Gasteiger partial charge in [-0.3, -0.25) is 0 Å². The van der Waals surface area contributed by atoms with Gasteiger partial charge in [-0.2, -0.15) is 0 Å². The van der Waals surface area contributed by atoms with Crippen molar-refractivity contribution in [2.75, 3.05) is 6.61 Å². The molecular weight excluding hydrogens is 284 g/mol. The SMILES string of the molecule is CCCCCCCCCCc1nc(C(O)C(N)CO)cs1. The third kappa shape index (κ3) is 7.36. The largest absolute Gasteiger partial charge is 0.395 e. The molecule has 0 aliphatic heterocycles. The molecule has 1 aromatic rings. The molecule has 0 radical (unpaired) electrons. The summed E-state index contributed by atoms with van der Waals surface area (Å²) in [7, 11) is 0. The summed E-state index contributed by atoms with van der Waals surface area (Å²) in [5, 5.41) is 21.7. The molecule has 1 heterocycles. The molecule has 1 rings (SSSR count). The molecule has 0 aliphatic carbocycles. The maximum atomic E-state index is 9.87. The van der Waals surface area contributed by atoms with E-state index in [0.717, 1.165) is 17.8 Å². The summed E-state index contributed by atoms with van der Waals surface area (Å²) < 4.78 is 0. The molecule has 0 saturated heterocycles. The molecular formula is C16H30N2O2S. The first-order chi connectivity index (χ1) is 10.2. The first kappa shape index (κ1) is 18.6. The maximum absolute atomic E-state index is 9.87. The van der Waals surface area contributed by atoms with Crippen LogP contribution in [0.15, 0.2) is 5.38 Å². The van der Waals surface area contributed by atoms with Crippen LogP contribution in [-0.2, 0) is 6.42 Å². The van der Waals surface area contributed by atoms with Gasteiger partial charge in [-0.1, -0.05) is 51.9 Å². The second-order valence-electron chi connectivity index (χ2n) is 5.68. The molecule has 0 spiro atoms. The number of nitrogens with two attached hydrogens (primary N) is 1. The van der Waals surface area contributed by atoms with Crippen LogP contribution in [-0.4, -0.2) is 27.8 Å². The maximum Gasteiger partial charge on any atom is 0.114 e. The van der Waals surface area contributed by atoms with Gasteiger partial charge < -0.3 is 15.9 Å². The van der Waals surface area contributed by atoms with E-state index in [1.807, 2.05) is 5.38 Å². The highest BCUT2D eigenvalue weighted by Crippen LogP contribution is 2.20. The van der Waals surface area contributed by atoms with Gasteiger partial charge >= 0.3 is 0 Å². The second-order valence-corrected chi connectivity index (χ2v) is 6.62. The van der Waals surface area contributed by atoms with Gasteiger partial charge in [0.1, 0.15) is 6.10 Å². The number of thiazole rings is 1. The predicted molar refractivity (Wildman–Crippen MR) is 88.4 cm³/mol. The molecule has 122 valence electrons. The van der Waals surface area contributed by atoms with Crippen LogP contribution in [0.5, 0.6) is 0 Å². The monoisotopic (exact) mass is 314 g/mol. The lowest BCUT2D eigenvalue weighted by atomic mass is 10.1. The van der Waals surface area contributed by atoms with Gasteiger partial charge in [-0.05, 0) is 12.8 Å². The van der Waals surface area contributed by atoms with Crippen molar-refractivity contribution in [2.45, 2.75) is 76.9 Å². The number of aryl methyl sites for hydroxylation is 1. The molecule has 4 nitrogen and oxygen atoms in total. The molecule has 0 aromatic carbocycles. The number of aliphatic hydroxyl groups is 2. The number of unbranched alkanes of at least 4 members (excludes halogenated alkanes) is 7. The van der Waals surface area contributed by atoms with Crippen molar-refractivity contribution in [1.82, 2.24) is 4.98 Å². The van der Waals surface area contributed by atoms with E-state index in [2.05, 4.69) is 11.9 Å². The van der Waals surface area contributed by atoms with Crippen LogP contribution in [0, 0.1) is 0 Å². The van der Waals surface area contributed by atoms with E-state index in [-0.39, 0.29) is 6.61 Å². The average molecular weight is 314 g/mol. The Morgan fingerprint density at radius 3 is 2.38 bits per heavy atom. The van der Waals surface area contributed by atoms with Crippen LogP contribution in [0.2, 0.25) is 0 Å². The second kappa shape index (κ2) is 11.1. The fourth-order valence-electron chi connectivity index (χ4n) is 2.31. The van der Waals surface area contributed by atoms with Gasteiger partial charge in [0, 0.05) is 5.38 Å². The van der Waals surface area contributed by atoms with Crippen molar-refractivity contribution in [2.24, 2.45) is 5.73 Å². The Hall–Kier alpha value is -0.490. The fourth-order valence-corrected chi connectivity index (χ4v) is 3.17. The van der Waals surface area contributed by atoms with Gasteiger partial charge in [0.05, 0.1) is 23.4 Å². The summed E-state index contributed by atoms with van der Waals surface area (Å²) in [6.45, 7) is 2.01. The van der Waals surface area contributed by atoms with Crippen LogP contribution < -0.4 is 5.73 Å². The van der Waals surface area contributed by atoms with Gasteiger partial charge in [-0.15, -0.1) is 11.3 Å². The van der Waals surface area contributed by atoms with E-state index >= 15 is 0 Å². The standard InChI is InChI=1S/C16H30N2O2S/c1-2-3-4-5-6-7-8-9-10-15-18-14(12-21-15)16(20)13(17)11-19/h12-13,16,19-20H,2-11,17H2,1H3. The minimum atomic E-state index is -0.862. The molecule has 1 aromatic heterocycles. The van der Waals surface area contributed by atoms with Crippen LogP contribution in [0.3, 0.4) is 0 Å². The lowest BCUT2D eigenvalue weighted by molar-refractivity contribution is 0.106. The number of nitrogens with zero attached hydrogens (tertiary/aromatic N) is 1. The van der Waals surface area contributed by atoms with Gasteiger partial charge in [0.25, 0.3) is 0 Å². The van der Waals surface area contributed by atoms with Crippen molar-refractivity contribution in [3.63, 3.8) is 0 Å². The Labute approximate surface area is 132 Å². The minimum absolute atomic E-state index is 0.230. The summed E-state index contributed by atoms with van der Waals surface area (Å²) in [5.41, 5.74) is 6.21. The molecule has 0 fully saturated rings. The smallest absolute Gasteiger partial charge is 0.114 e. The molecule has 0 aliphatic rings. The van der Waals surface area contributed by atoms with E-state index in [4.69, 9.17) is 10.8 Å². The zero-order valence-corrected chi connectivity index (χ0v) is 13.9. The molecule has 0 bridgehead atoms. The summed E-state index contributed by atoms with van der Waals surface area (Å²) in [5.74, 6) is 0. The Morgan fingerprint density at radius 1 is 1.14 bits per heavy atom. The van der Waals surface area contributed by atoms with E-state index in [1.165, 1.54) is 44.9 Å². The topological polar surface area (TPSA) is 79.4 Å². The first-order valence-corrected chi connectivity index (χ1v) is 9.05. The highest BCUT2D eigenvalue weighted by Gasteiger charge is 2.18. The minimum Gasteiger partial charge on any atom is -0.395 e. The summed E-state index contributed by atoms with van der Waals surface area (Å²) in [6, 6.07) is -0.650. The lowest BCUT2D eigenvalue weighted by Gasteiger charge is -2.13. The van der Waals surface area contributed by atoms with Crippen LogP contribution in [0.1, 0.15) is 75.1 Å². The molecule has 2 atom stereocenters. The van der Waals surface area contributed by atoms with E-state index in [1.54, 1.807) is 11.3 Å². The number of aliphatic hydroxyl groups excluding tert-OH is 2. The number of hydrogen-bond acceptors (Lipinski definition) is 5. The predicted octanol–water partition coefficient (Wildman–Crippen LogP) is 3.18. The Kier molecular flexibility index (Phi) is 9.83. The quantitative estimate of drug-likeness (QED) is 0.518. The Morgan fingerprint density at radius 2 is 1.76 bits per heavy atom. The number of aromatic nitrogens is 1. The normalized spacial score (nSPS) is 14.3. The molecule has 0 amide bonds.